The predicted octanol–water partition coefficient (Wildman–Crippen LogP) is 2.43. The molecule has 1 amide bonds. The number of aryl methyl sites for hydroxylation is 1. The molecule has 0 radical (unpaired) electrons. The molecule has 168 valence electrons. The number of hydrogen-bond donors (Lipinski definition) is 4. The Hall–Kier alpha value is -2.81. The number of ether oxygens (including phenoxy) is 2. The van der Waals surface area contributed by atoms with Gasteiger partial charge in [-0.3, -0.25) is 14.9 Å². The molecule has 1 rings (SSSR count). The third-order valence-electron chi connectivity index (χ3n) is 3.96. The molecule has 1 aromatic rings. The highest BCUT2D eigenvalue weighted by Gasteiger charge is 2.18. The number of rotatable bonds is 13. The van der Waals surface area contributed by atoms with Crippen molar-refractivity contribution >= 4 is 18.0 Å². The van der Waals surface area contributed by atoms with Crippen molar-refractivity contribution in [1.29, 1.82) is 0 Å². The van der Waals surface area contributed by atoms with E-state index >= 15 is 0 Å². The van der Waals surface area contributed by atoms with Gasteiger partial charge < -0.3 is 25.0 Å². The summed E-state index contributed by atoms with van der Waals surface area (Å²) in [4.78, 5) is 33.2. The third kappa shape index (κ3) is 11.9. The molecule has 1 aromatic carbocycles. The van der Waals surface area contributed by atoms with E-state index in [0.29, 0.717) is 12.3 Å². The second-order valence-electron chi connectivity index (χ2n) is 7.83. The number of carboxylic acids is 2. The molecule has 0 bridgehead atoms. The average molecular weight is 424 g/mol. The van der Waals surface area contributed by atoms with Crippen LogP contribution >= 0.6 is 0 Å². The lowest BCUT2D eigenvalue weighted by atomic mass is 10.1. The number of hydrogen-bond acceptors (Lipinski definition) is 6. The summed E-state index contributed by atoms with van der Waals surface area (Å²) < 4.78 is 10.7. The van der Waals surface area contributed by atoms with Crippen molar-refractivity contribution in [2.24, 2.45) is 0 Å². The second-order valence-corrected chi connectivity index (χ2v) is 7.83. The van der Waals surface area contributed by atoms with Crippen LogP contribution in [0, 0.1) is 0 Å². The van der Waals surface area contributed by atoms with E-state index in [1.54, 1.807) is 0 Å². The monoisotopic (exact) mass is 424 g/mol. The molecule has 9 nitrogen and oxygen atoms in total. The minimum Gasteiger partial charge on any atom is -0.494 e. The van der Waals surface area contributed by atoms with Crippen LogP contribution in [0.2, 0.25) is 0 Å². The van der Waals surface area contributed by atoms with Gasteiger partial charge in [-0.15, -0.1) is 0 Å². The van der Waals surface area contributed by atoms with Gasteiger partial charge in [-0.25, -0.2) is 4.79 Å². The molecule has 4 N–H and O–H groups in total. The van der Waals surface area contributed by atoms with Gasteiger partial charge in [0.2, 0.25) is 0 Å². The predicted molar refractivity (Wildman–Crippen MR) is 111 cm³/mol. The quantitative estimate of drug-likeness (QED) is 0.355. The number of benzene rings is 1. The van der Waals surface area contributed by atoms with Gasteiger partial charge in [0.25, 0.3) is 0 Å². The fraction of sp³-hybridized carbons (Fsp3) is 0.571. The number of unbranched alkanes of at least 4 members (excludes halogenated alkanes) is 1. The first-order valence-electron chi connectivity index (χ1n) is 9.93. The number of aliphatic carboxylic acids is 2. The summed E-state index contributed by atoms with van der Waals surface area (Å²) in [6.45, 7) is 5.75. The second kappa shape index (κ2) is 12.7. The van der Waals surface area contributed by atoms with Crippen LogP contribution in [0.25, 0.3) is 0 Å². The molecule has 0 spiro atoms. The summed E-state index contributed by atoms with van der Waals surface area (Å²) >= 11 is 0. The highest BCUT2D eigenvalue weighted by Crippen LogP contribution is 2.14. The maximum Gasteiger partial charge on any atom is 0.407 e. The van der Waals surface area contributed by atoms with E-state index in [1.807, 2.05) is 45.0 Å². The van der Waals surface area contributed by atoms with Gasteiger partial charge in [0, 0.05) is 13.0 Å². The smallest absolute Gasteiger partial charge is 0.407 e. The topological polar surface area (TPSA) is 134 Å². The Morgan fingerprint density at radius 1 is 1.07 bits per heavy atom. The molecule has 1 unspecified atom stereocenters. The Morgan fingerprint density at radius 2 is 1.73 bits per heavy atom. The molecule has 0 saturated heterocycles. The highest BCUT2D eigenvalue weighted by atomic mass is 16.6. The molecule has 0 aromatic heterocycles. The number of amides is 1. The first-order valence-corrected chi connectivity index (χ1v) is 9.93. The van der Waals surface area contributed by atoms with Crippen molar-refractivity contribution in [3.05, 3.63) is 29.8 Å². The third-order valence-corrected chi connectivity index (χ3v) is 3.96. The van der Waals surface area contributed by atoms with Crippen LogP contribution in [0.5, 0.6) is 5.75 Å². The first kappa shape index (κ1) is 25.2. The van der Waals surface area contributed by atoms with Gasteiger partial charge in [0.1, 0.15) is 17.4 Å². The Kier molecular flexibility index (Phi) is 10.7. The molecule has 9 heteroatoms. The lowest BCUT2D eigenvalue weighted by molar-refractivity contribution is -0.140. The Labute approximate surface area is 176 Å². The van der Waals surface area contributed by atoms with E-state index in [0.717, 1.165) is 24.8 Å². The average Bonchev–Trinajstić information content (AvgIpc) is 2.63. The summed E-state index contributed by atoms with van der Waals surface area (Å²) in [6.07, 6.45) is 2.33. The van der Waals surface area contributed by atoms with Gasteiger partial charge in [0.05, 0.1) is 13.2 Å². The van der Waals surface area contributed by atoms with Crippen LogP contribution in [0.1, 0.15) is 45.6 Å². The molecule has 0 heterocycles. The van der Waals surface area contributed by atoms with Gasteiger partial charge in [0.15, 0.2) is 0 Å². The van der Waals surface area contributed by atoms with Crippen LogP contribution in [0.3, 0.4) is 0 Å². The van der Waals surface area contributed by atoms with Crippen LogP contribution in [0.4, 0.5) is 4.79 Å². The van der Waals surface area contributed by atoms with E-state index in [2.05, 4.69) is 10.6 Å². The van der Waals surface area contributed by atoms with Crippen molar-refractivity contribution < 1.29 is 34.1 Å². The van der Waals surface area contributed by atoms with Crippen molar-refractivity contribution in [3.63, 3.8) is 0 Å². The first-order chi connectivity index (χ1) is 14.1. The van der Waals surface area contributed by atoms with E-state index in [9.17, 15) is 14.4 Å². The number of carbonyl (C=O) groups is 3. The minimum absolute atomic E-state index is 0.148. The Balaban J connectivity index is 2.26. The molecular formula is C21H32N2O7. The summed E-state index contributed by atoms with van der Waals surface area (Å²) in [7, 11) is 0. The van der Waals surface area contributed by atoms with E-state index in [-0.39, 0.29) is 13.0 Å². The maximum atomic E-state index is 11.6. The molecular weight excluding hydrogens is 392 g/mol. The van der Waals surface area contributed by atoms with E-state index in [4.69, 9.17) is 19.7 Å². The number of alkyl carbamates (subject to hydrolysis) is 1. The molecule has 30 heavy (non-hydrogen) atoms. The normalized spacial score (nSPS) is 12.1. The van der Waals surface area contributed by atoms with Crippen LogP contribution < -0.4 is 15.4 Å². The van der Waals surface area contributed by atoms with E-state index < -0.39 is 36.2 Å². The van der Waals surface area contributed by atoms with Crippen LogP contribution in [0.15, 0.2) is 24.3 Å². The van der Waals surface area contributed by atoms with Crippen molar-refractivity contribution in [3.8, 4) is 5.75 Å². The largest absolute Gasteiger partial charge is 0.494 e. The molecule has 1 atom stereocenters. The van der Waals surface area contributed by atoms with Crippen molar-refractivity contribution in [2.75, 3.05) is 19.7 Å². The summed E-state index contributed by atoms with van der Waals surface area (Å²) in [6, 6.07) is 6.53. The standard InChI is InChI=1S/C21H32N2O7/c1-21(2,3)30-20(28)22-12-5-4-6-15-7-9-16(10-8-15)29-13-11-17(19(26)27)23-14-18(24)25/h7-10,17,23H,4-6,11-14H2,1-3H3,(H,22,28)(H,24,25)(H,26,27). The van der Waals surface area contributed by atoms with E-state index in [1.165, 1.54) is 0 Å². The van der Waals surface area contributed by atoms with Gasteiger partial charge in [-0.2, -0.15) is 0 Å². The zero-order valence-corrected chi connectivity index (χ0v) is 17.8. The fourth-order valence-corrected chi connectivity index (χ4v) is 2.53. The summed E-state index contributed by atoms with van der Waals surface area (Å²) in [5.41, 5.74) is 0.628. The summed E-state index contributed by atoms with van der Waals surface area (Å²) in [5, 5.41) is 22.9. The van der Waals surface area contributed by atoms with Gasteiger partial charge in [-0.05, 0) is 57.7 Å². The van der Waals surface area contributed by atoms with Gasteiger partial charge in [-0.1, -0.05) is 12.1 Å². The van der Waals surface area contributed by atoms with Crippen molar-refractivity contribution in [2.45, 2.75) is 58.1 Å². The summed E-state index contributed by atoms with van der Waals surface area (Å²) in [5.74, 6) is -1.61. The number of carbonyl (C=O) groups excluding carboxylic acids is 1. The lowest BCUT2D eigenvalue weighted by Gasteiger charge is -2.19. The molecule has 0 fully saturated rings. The van der Waals surface area contributed by atoms with Crippen molar-refractivity contribution in [1.82, 2.24) is 10.6 Å². The number of nitrogens with one attached hydrogen (secondary N) is 2. The molecule has 0 aliphatic carbocycles. The minimum atomic E-state index is -1.11. The fourth-order valence-electron chi connectivity index (χ4n) is 2.53. The Bertz CT molecular complexity index is 684. The van der Waals surface area contributed by atoms with Crippen LogP contribution in [-0.4, -0.2) is 59.6 Å². The number of carboxylic acid groups (broad SMARTS) is 2. The lowest BCUT2D eigenvalue weighted by Crippen LogP contribution is -2.40. The SMILES string of the molecule is CC(C)(C)OC(=O)NCCCCc1ccc(OCCC(NCC(=O)O)C(=O)O)cc1. The molecule has 0 saturated carbocycles. The Morgan fingerprint density at radius 3 is 2.30 bits per heavy atom. The van der Waals surface area contributed by atoms with Crippen LogP contribution in [-0.2, 0) is 20.7 Å². The maximum absolute atomic E-state index is 11.6. The molecule has 0 aliphatic heterocycles. The zero-order valence-electron chi connectivity index (χ0n) is 17.8. The zero-order chi connectivity index (χ0) is 22.6. The van der Waals surface area contributed by atoms with Gasteiger partial charge >= 0.3 is 18.0 Å². The molecule has 0 aliphatic rings. The highest BCUT2D eigenvalue weighted by molar-refractivity contribution is 5.75.